The molecule has 0 saturated heterocycles. The SMILES string of the molecule is CCCCS(=O)(=O)N(CCC(=O)O)CC(=O)N(CCC(C)C)CC(=O)C(C)(C)Nc1ccc(NC(=O)Nc2ccccc2C)cc1. The fourth-order valence-electron chi connectivity index (χ4n) is 4.39. The van der Waals surface area contributed by atoms with Gasteiger partial charge in [0, 0.05) is 30.2 Å². The lowest BCUT2D eigenvalue weighted by atomic mass is 9.97. The fraction of sp³-hybridized carbons (Fsp3) is 0.515. The minimum atomic E-state index is -3.87. The number of carbonyl (C=O) groups is 4. The van der Waals surface area contributed by atoms with Crippen molar-refractivity contribution in [3.63, 3.8) is 0 Å². The Morgan fingerprint density at radius 2 is 1.54 bits per heavy atom. The number of nitrogens with one attached hydrogen (secondary N) is 3. The number of amides is 3. The molecule has 254 valence electrons. The Labute approximate surface area is 273 Å². The van der Waals surface area contributed by atoms with E-state index in [2.05, 4.69) is 16.0 Å². The van der Waals surface area contributed by atoms with Gasteiger partial charge in [0.05, 0.1) is 30.8 Å². The summed E-state index contributed by atoms with van der Waals surface area (Å²) >= 11 is 0. The molecule has 13 heteroatoms. The van der Waals surface area contributed by atoms with E-state index in [-0.39, 0.29) is 37.1 Å². The normalized spacial score (nSPS) is 11.7. The van der Waals surface area contributed by atoms with E-state index in [1.807, 2.05) is 52.0 Å². The maximum Gasteiger partial charge on any atom is 0.323 e. The number of unbranched alkanes of at least 4 members (excludes halogenated alkanes) is 1. The number of carboxylic acids is 1. The Hall–Kier alpha value is -3.97. The lowest BCUT2D eigenvalue weighted by Gasteiger charge is -2.31. The largest absolute Gasteiger partial charge is 0.481 e. The van der Waals surface area contributed by atoms with E-state index < -0.39 is 46.4 Å². The average molecular weight is 660 g/mol. The minimum absolute atomic E-state index is 0.191. The number of carbonyl (C=O) groups excluding carboxylic acids is 3. The molecule has 0 aliphatic carbocycles. The summed E-state index contributed by atoms with van der Waals surface area (Å²) in [6, 6.07) is 13.9. The van der Waals surface area contributed by atoms with E-state index in [0.717, 1.165) is 9.87 Å². The Morgan fingerprint density at radius 1 is 0.913 bits per heavy atom. The molecule has 46 heavy (non-hydrogen) atoms. The molecule has 0 fully saturated rings. The molecule has 0 radical (unpaired) electrons. The van der Waals surface area contributed by atoms with Crippen molar-refractivity contribution >= 4 is 50.8 Å². The summed E-state index contributed by atoms with van der Waals surface area (Å²) in [4.78, 5) is 52.0. The quantitative estimate of drug-likeness (QED) is 0.160. The molecule has 0 bridgehead atoms. The molecule has 2 aromatic carbocycles. The van der Waals surface area contributed by atoms with Gasteiger partial charge in [-0.15, -0.1) is 0 Å². The molecule has 4 N–H and O–H groups in total. The molecule has 0 heterocycles. The van der Waals surface area contributed by atoms with Crippen molar-refractivity contribution < 1.29 is 32.7 Å². The lowest BCUT2D eigenvalue weighted by Crippen LogP contribution is -2.51. The average Bonchev–Trinajstić information content (AvgIpc) is 2.97. The van der Waals surface area contributed by atoms with E-state index in [4.69, 9.17) is 5.11 Å². The molecule has 0 saturated carbocycles. The summed E-state index contributed by atoms with van der Waals surface area (Å²) in [5.74, 6) is -2.00. The van der Waals surface area contributed by atoms with Crippen LogP contribution in [0.1, 0.15) is 65.9 Å². The molecule has 2 aromatic rings. The van der Waals surface area contributed by atoms with Gasteiger partial charge in [0.2, 0.25) is 15.9 Å². The van der Waals surface area contributed by atoms with Gasteiger partial charge in [0.1, 0.15) is 0 Å². The first-order valence-corrected chi connectivity index (χ1v) is 17.2. The van der Waals surface area contributed by atoms with Gasteiger partial charge in [-0.05, 0) is 75.4 Å². The van der Waals surface area contributed by atoms with Gasteiger partial charge in [-0.3, -0.25) is 14.4 Å². The molecular weight excluding hydrogens is 610 g/mol. The number of nitrogens with zero attached hydrogens (tertiary/aromatic N) is 2. The predicted octanol–water partition coefficient (Wildman–Crippen LogP) is 5.18. The van der Waals surface area contributed by atoms with Crippen molar-refractivity contribution in [1.29, 1.82) is 0 Å². The van der Waals surface area contributed by atoms with Gasteiger partial charge < -0.3 is 26.0 Å². The van der Waals surface area contributed by atoms with E-state index >= 15 is 0 Å². The number of hydrogen-bond acceptors (Lipinski definition) is 7. The van der Waals surface area contributed by atoms with Crippen molar-refractivity contribution in [2.45, 2.75) is 72.8 Å². The number of aryl methyl sites for hydroxylation is 1. The number of carboxylic acid groups (broad SMARTS) is 1. The molecular formula is C33H49N5O7S. The zero-order valence-corrected chi connectivity index (χ0v) is 28.6. The smallest absolute Gasteiger partial charge is 0.323 e. The highest BCUT2D eigenvalue weighted by atomic mass is 32.2. The first kappa shape index (κ1) is 38.2. The van der Waals surface area contributed by atoms with Crippen molar-refractivity contribution in [3.05, 3.63) is 54.1 Å². The monoisotopic (exact) mass is 659 g/mol. The number of Topliss-reactive ketones (excluding diaryl/α,β-unsaturated/α-hetero) is 1. The molecule has 0 atom stereocenters. The third kappa shape index (κ3) is 12.8. The van der Waals surface area contributed by atoms with Crippen LogP contribution in [0, 0.1) is 12.8 Å². The topological polar surface area (TPSA) is 165 Å². The summed E-state index contributed by atoms with van der Waals surface area (Å²) in [6.45, 7) is 10.2. The predicted molar refractivity (Wildman–Crippen MR) is 182 cm³/mol. The highest BCUT2D eigenvalue weighted by Crippen LogP contribution is 2.21. The van der Waals surface area contributed by atoms with Gasteiger partial charge in [0.15, 0.2) is 5.78 Å². The van der Waals surface area contributed by atoms with E-state index in [1.165, 1.54) is 4.90 Å². The first-order valence-electron chi connectivity index (χ1n) is 15.6. The Bertz CT molecular complexity index is 1440. The van der Waals surface area contributed by atoms with Crippen LogP contribution in [0.3, 0.4) is 0 Å². The number of aliphatic carboxylic acids is 1. The van der Waals surface area contributed by atoms with Crippen molar-refractivity contribution in [2.75, 3.05) is 47.9 Å². The van der Waals surface area contributed by atoms with Crippen molar-refractivity contribution in [3.8, 4) is 0 Å². The number of benzene rings is 2. The van der Waals surface area contributed by atoms with Gasteiger partial charge >= 0.3 is 12.0 Å². The van der Waals surface area contributed by atoms with E-state index in [9.17, 15) is 27.6 Å². The molecule has 0 aliphatic heterocycles. The molecule has 0 aliphatic rings. The van der Waals surface area contributed by atoms with Gasteiger partial charge in [-0.1, -0.05) is 45.4 Å². The highest BCUT2D eigenvalue weighted by molar-refractivity contribution is 7.89. The Kier molecular flexibility index (Phi) is 14.7. The number of sulfonamides is 1. The third-order valence-electron chi connectivity index (χ3n) is 7.39. The molecule has 0 unspecified atom stereocenters. The first-order chi connectivity index (χ1) is 21.5. The lowest BCUT2D eigenvalue weighted by molar-refractivity contribution is -0.138. The summed E-state index contributed by atoms with van der Waals surface area (Å²) in [6.07, 6.45) is 1.16. The standard InChI is InChI=1S/C33H49N5O7S/c1-7-8-21-46(44,45)38(20-18-31(41)42)23-30(40)37(19-17-24(2)3)22-29(39)33(5,6)36-27-15-13-26(14-16-27)34-32(43)35-28-12-10-9-11-25(28)4/h9-16,24,36H,7-8,17-23H2,1-6H3,(H,41,42)(H2,34,35,43). The molecule has 0 spiro atoms. The third-order valence-corrected chi connectivity index (χ3v) is 9.29. The van der Waals surface area contributed by atoms with Crippen LogP contribution in [0.5, 0.6) is 0 Å². The zero-order valence-electron chi connectivity index (χ0n) is 27.8. The number of para-hydroxylation sites is 1. The second-order valence-electron chi connectivity index (χ2n) is 12.3. The summed E-state index contributed by atoms with van der Waals surface area (Å²) in [7, 11) is -3.87. The molecule has 3 amide bonds. The van der Waals surface area contributed by atoms with E-state index in [1.54, 1.807) is 38.1 Å². The minimum Gasteiger partial charge on any atom is -0.481 e. The number of urea groups is 1. The van der Waals surface area contributed by atoms with Gasteiger partial charge in [-0.25, -0.2) is 13.2 Å². The van der Waals surface area contributed by atoms with Crippen LogP contribution in [0.4, 0.5) is 21.9 Å². The summed E-state index contributed by atoms with van der Waals surface area (Å²) < 4.78 is 26.8. The Balaban J connectivity index is 2.11. The summed E-state index contributed by atoms with van der Waals surface area (Å²) in [5, 5.41) is 17.9. The van der Waals surface area contributed by atoms with Crippen LogP contribution in [-0.4, -0.2) is 83.9 Å². The second kappa shape index (κ2) is 17.7. The Morgan fingerprint density at radius 3 is 2.13 bits per heavy atom. The van der Waals surface area contributed by atoms with Crippen LogP contribution >= 0.6 is 0 Å². The van der Waals surface area contributed by atoms with Crippen molar-refractivity contribution in [1.82, 2.24) is 9.21 Å². The number of rotatable bonds is 19. The van der Waals surface area contributed by atoms with Crippen LogP contribution in [-0.2, 0) is 24.4 Å². The second-order valence-corrected chi connectivity index (χ2v) is 14.4. The van der Waals surface area contributed by atoms with Crippen LogP contribution in [0.2, 0.25) is 0 Å². The number of ketones is 1. The van der Waals surface area contributed by atoms with Crippen molar-refractivity contribution in [2.24, 2.45) is 5.92 Å². The number of anilines is 3. The highest BCUT2D eigenvalue weighted by Gasteiger charge is 2.32. The van der Waals surface area contributed by atoms with E-state index in [0.29, 0.717) is 36.3 Å². The maximum atomic E-state index is 13.6. The maximum absolute atomic E-state index is 13.6. The van der Waals surface area contributed by atoms with Gasteiger partial charge in [-0.2, -0.15) is 4.31 Å². The van der Waals surface area contributed by atoms with Crippen LogP contribution in [0.15, 0.2) is 48.5 Å². The van der Waals surface area contributed by atoms with Crippen LogP contribution < -0.4 is 16.0 Å². The van der Waals surface area contributed by atoms with Gasteiger partial charge in [0.25, 0.3) is 0 Å². The molecule has 0 aromatic heterocycles. The molecule has 12 nitrogen and oxygen atoms in total. The van der Waals surface area contributed by atoms with Crippen LogP contribution in [0.25, 0.3) is 0 Å². The molecule has 2 rings (SSSR count). The fourth-order valence-corrected chi connectivity index (χ4v) is 5.97. The number of hydrogen-bond donors (Lipinski definition) is 4. The summed E-state index contributed by atoms with van der Waals surface area (Å²) in [5.41, 5.74) is 1.69. The zero-order chi connectivity index (χ0) is 34.5.